The van der Waals surface area contributed by atoms with E-state index in [0.29, 0.717) is 6.07 Å². The lowest BCUT2D eigenvalue weighted by Gasteiger charge is -2.30. The number of aryl methyl sites for hydroxylation is 1. The molecule has 0 spiro atoms. The summed E-state index contributed by atoms with van der Waals surface area (Å²) in [5.41, 5.74) is 0.00123. The van der Waals surface area contributed by atoms with Crippen LogP contribution in [-0.2, 0) is 32.7 Å². The van der Waals surface area contributed by atoms with Crippen molar-refractivity contribution in [3.05, 3.63) is 41.7 Å². The molecule has 148 valence electrons. The quantitative estimate of drug-likeness (QED) is 0.711. The van der Waals surface area contributed by atoms with E-state index in [9.17, 15) is 25.6 Å². The third-order valence-electron chi connectivity index (χ3n) is 4.43. The number of hydrogen-bond donors (Lipinski definition) is 0. The Hall–Kier alpha value is -1.92. The molecule has 1 saturated heterocycles. The van der Waals surface area contributed by atoms with Crippen molar-refractivity contribution in [2.75, 3.05) is 13.1 Å². The average molecular weight is 420 g/mol. The summed E-state index contributed by atoms with van der Waals surface area (Å²) in [5, 5.41) is 6.27. The number of piperidine rings is 1. The van der Waals surface area contributed by atoms with Crippen molar-refractivity contribution in [3.63, 3.8) is 0 Å². The highest BCUT2D eigenvalue weighted by Gasteiger charge is 2.37. The van der Waals surface area contributed by atoms with Crippen LogP contribution in [0, 0.1) is 11.6 Å². The Morgan fingerprint density at radius 3 is 2.19 bits per heavy atom. The molecule has 0 aliphatic carbocycles. The maximum absolute atomic E-state index is 13.3. The number of benzene rings is 1. The number of rotatable bonds is 5. The molecular weight excluding hydrogens is 402 g/mol. The number of aromatic nitrogens is 3. The minimum Gasteiger partial charge on any atom is -0.308 e. The molecule has 0 amide bonds. The first kappa shape index (κ1) is 19.8. The minimum absolute atomic E-state index is 0.00123. The van der Waals surface area contributed by atoms with Crippen molar-refractivity contribution in [2.24, 2.45) is 7.05 Å². The van der Waals surface area contributed by atoms with Gasteiger partial charge in [0.25, 0.3) is 0 Å². The zero-order valence-corrected chi connectivity index (χ0v) is 16.0. The highest BCUT2D eigenvalue weighted by atomic mass is 32.2. The van der Waals surface area contributed by atoms with Crippen LogP contribution in [0.1, 0.15) is 18.4 Å². The normalized spacial score (nSPS) is 17.3. The summed E-state index contributed by atoms with van der Waals surface area (Å²) in [7, 11) is -6.03. The number of hydrogen-bond acceptors (Lipinski definition) is 6. The van der Waals surface area contributed by atoms with Gasteiger partial charge in [-0.1, -0.05) is 0 Å². The monoisotopic (exact) mass is 420 g/mol. The predicted octanol–water partition coefficient (Wildman–Crippen LogP) is 0.861. The van der Waals surface area contributed by atoms with Crippen molar-refractivity contribution >= 4 is 19.9 Å². The van der Waals surface area contributed by atoms with E-state index in [1.54, 1.807) is 0 Å². The van der Waals surface area contributed by atoms with Crippen molar-refractivity contribution < 1.29 is 25.6 Å². The third kappa shape index (κ3) is 4.17. The first-order valence-corrected chi connectivity index (χ1v) is 11.3. The smallest absolute Gasteiger partial charge is 0.249 e. The summed E-state index contributed by atoms with van der Waals surface area (Å²) >= 11 is 0. The van der Waals surface area contributed by atoms with Gasteiger partial charge in [0, 0.05) is 26.2 Å². The molecule has 1 aromatic carbocycles. The van der Waals surface area contributed by atoms with Gasteiger partial charge < -0.3 is 4.57 Å². The van der Waals surface area contributed by atoms with Crippen molar-refractivity contribution in [1.29, 1.82) is 0 Å². The van der Waals surface area contributed by atoms with E-state index >= 15 is 0 Å². The van der Waals surface area contributed by atoms with E-state index in [-0.39, 0.29) is 36.7 Å². The molecule has 1 aliphatic rings. The molecule has 2 aromatic rings. The van der Waals surface area contributed by atoms with Gasteiger partial charge in [-0.3, -0.25) is 0 Å². The maximum Gasteiger partial charge on any atom is 0.249 e. The van der Waals surface area contributed by atoms with Crippen LogP contribution in [0.4, 0.5) is 8.78 Å². The number of sulfone groups is 1. The predicted molar refractivity (Wildman–Crippen MR) is 91.8 cm³/mol. The Balaban J connectivity index is 1.70. The van der Waals surface area contributed by atoms with Gasteiger partial charge in [0.2, 0.25) is 25.0 Å². The fourth-order valence-electron chi connectivity index (χ4n) is 3.10. The van der Waals surface area contributed by atoms with Crippen molar-refractivity contribution in [2.45, 2.75) is 29.0 Å². The fraction of sp³-hybridized carbons (Fsp3) is 0.467. The number of nitrogens with zero attached hydrogens (tertiary/aromatic N) is 4. The number of sulfonamides is 1. The van der Waals surface area contributed by atoms with Gasteiger partial charge in [-0.25, -0.2) is 29.9 Å². The van der Waals surface area contributed by atoms with Gasteiger partial charge in [-0.05, 0) is 30.5 Å². The lowest BCUT2D eigenvalue weighted by molar-refractivity contribution is 0.344. The van der Waals surface area contributed by atoms with Crippen LogP contribution in [0.5, 0.6) is 0 Å². The summed E-state index contributed by atoms with van der Waals surface area (Å²) in [4.78, 5) is 0. The molecule has 0 atom stereocenters. The zero-order chi connectivity index (χ0) is 19.8. The molecule has 0 radical (unpaired) electrons. The van der Waals surface area contributed by atoms with Crippen LogP contribution in [0.3, 0.4) is 0 Å². The molecule has 8 nitrogen and oxygen atoms in total. The van der Waals surface area contributed by atoms with Gasteiger partial charge in [0.15, 0.2) is 0 Å². The van der Waals surface area contributed by atoms with Crippen LogP contribution in [0.15, 0.2) is 29.7 Å². The Morgan fingerprint density at radius 2 is 1.67 bits per heavy atom. The molecule has 0 saturated carbocycles. The Morgan fingerprint density at radius 1 is 1.07 bits per heavy atom. The molecule has 27 heavy (non-hydrogen) atoms. The SMILES string of the molecule is Cn1cnnc1S(=O)(=O)C1CCN(S(=O)(=O)Cc2cc(F)cc(F)c2)CC1. The maximum atomic E-state index is 13.3. The summed E-state index contributed by atoms with van der Waals surface area (Å²) in [6.45, 7) is 0.00373. The molecule has 0 N–H and O–H groups in total. The summed E-state index contributed by atoms with van der Waals surface area (Å²) < 4.78 is 79.3. The fourth-order valence-corrected chi connectivity index (χ4v) is 6.37. The van der Waals surface area contributed by atoms with Gasteiger partial charge in [-0.2, -0.15) is 0 Å². The van der Waals surface area contributed by atoms with E-state index < -0.39 is 42.5 Å². The topological polar surface area (TPSA) is 102 Å². The first-order valence-electron chi connectivity index (χ1n) is 8.10. The molecule has 1 aromatic heterocycles. The highest BCUT2D eigenvalue weighted by molar-refractivity contribution is 7.92. The molecule has 1 fully saturated rings. The van der Waals surface area contributed by atoms with Crippen molar-refractivity contribution in [1.82, 2.24) is 19.1 Å². The number of halogens is 2. The van der Waals surface area contributed by atoms with Crippen LogP contribution < -0.4 is 0 Å². The second kappa shape index (κ2) is 7.24. The minimum atomic E-state index is -3.83. The summed E-state index contributed by atoms with van der Waals surface area (Å²) in [5.74, 6) is -2.26. The molecule has 3 rings (SSSR count). The largest absolute Gasteiger partial charge is 0.308 e. The second-order valence-corrected chi connectivity index (χ2v) is 10.5. The second-order valence-electron chi connectivity index (χ2n) is 6.40. The molecule has 2 heterocycles. The van der Waals surface area contributed by atoms with Gasteiger partial charge >= 0.3 is 0 Å². The lowest BCUT2D eigenvalue weighted by Crippen LogP contribution is -2.43. The molecular formula is C15H18F2N4O4S2. The molecule has 1 aliphatic heterocycles. The third-order valence-corrected chi connectivity index (χ3v) is 8.51. The zero-order valence-electron chi connectivity index (χ0n) is 14.4. The molecule has 0 bridgehead atoms. The molecule has 0 unspecified atom stereocenters. The van der Waals surface area contributed by atoms with E-state index in [4.69, 9.17) is 0 Å². The Labute approximate surface area is 155 Å². The van der Waals surface area contributed by atoms with E-state index in [0.717, 1.165) is 16.4 Å². The van der Waals surface area contributed by atoms with Crippen LogP contribution in [0.2, 0.25) is 0 Å². The van der Waals surface area contributed by atoms with Gasteiger partial charge in [0.05, 0.1) is 11.0 Å². The van der Waals surface area contributed by atoms with E-state index in [1.807, 2.05) is 0 Å². The van der Waals surface area contributed by atoms with Crippen molar-refractivity contribution in [3.8, 4) is 0 Å². The van der Waals surface area contributed by atoms with Crippen LogP contribution >= 0.6 is 0 Å². The lowest BCUT2D eigenvalue weighted by atomic mass is 10.2. The van der Waals surface area contributed by atoms with Gasteiger partial charge in [0.1, 0.15) is 18.0 Å². The summed E-state index contributed by atoms with van der Waals surface area (Å²) in [6, 6.07) is 2.59. The van der Waals surface area contributed by atoms with Crippen LogP contribution in [0.25, 0.3) is 0 Å². The highest BCUT2D eigenvalue weighted by Crippen LogP contribution is 2.25. The Bertz CT molecular complexity index is 1030. The van der Waals surface area contributed by atoms with Crippen LogP contribution in [-0.4, -0.2) is 54.2 Å². The first-order chi connectivity index (χ1) is 12.6. The standard InChI is InChI=1S/C15H18F2N4O4S2/c1-20-10-18-19-15(20)27(24,25)14-2-4-21(5-3-14)26(22,23)9-11-6-12(16)8-13(17)7-11/h6-8,10,14H,2-5,9H2,1H3. The Kier molecular flexibility index (Phi) is 5.32. The molecule has 12 heteroatoms. The summed E-state index contributed by atoms with van der Waals surface area (Å²) in [6.07, 6.45) is 1.49. The van der Waals surface area contributed by atoms with E-state index in [2.05, 4.69) is 10.2 Å². The average Bonchev–Trinajstić information content (AvgIpc) is 3.00. The van der Waals surface area contributed by atoms with E-state index in [1.165, 1.54) is 17.9 Å². The van der Waals surface area contributed by atoms with Gasteiger partial charge in [-0.15, -0.1) is 10.2 Å².